The van der Waals surface area contributed by atoms with Crippen LogP contribution in [0, 0.1) is 0 Å². The van der Waals surface area contributed by atoms with E-state index in [-0.39, 0.29) is 5.97 Å². The highest BCUT2D eigenvalue weighted by atomic mass is 35.5. The van der Waals surface area contributed by atoms with Gasteiger partial charge in [0, 0.05) is 5.57 Å². The molecule has 62 valence electrons. The molecule has 0 N–H and O–H groups in total. The molecule has 0 saturated heterocycles. The molecule has 1 heterocycles. The van der Waals surface area contributed by atoms with E-state index < -0.39 is 5.06 Å². The van der Waals surface area contributed by atoms with Gasteiger partial charge in [-0.25, -0.2) is 4.79 Å². The lowest BCUT2D eigenvalue weighted by Gasteiger charge is -2.16. The summed E-state index contributed by atoms with van der Waals surface area (Å²) in [4.78, 5) is 11.0. The van der Waals surface area contributed by atoms with Crippen molar-refractivity contribution in [1.29, 1.82) is 0 Å². The van der Waals surface area contributed by atoms with Crippen LogP contribution in [0.15, 0.2) is 11.1 Å². The van der Waals surface area contributed by atoms with Gasteiger partial charge in [-0.3, -0.25) is 0 Å². The molecule has 1 atom stereocenters. The molecule has 0 fully saturated rings. The molecule has 1 unspecified atom stereocenters. The monoisotopic (exact) mass is 174 g/mol. The first-order chi connectivity index (χ1) is 4.99. The number of carbonyl (C=O) groups is 1. The van der Waals surface area contributed by atoms with Gasteiger partial charge in [-0.15, -0.1) is 0 Å². The smallest absolute Gasteiger partial charge is 0.335 e. The minimum atomic E-state index is -0.893. The van der Waals surface area contributed by atoms with Crippen LogP contribution in [0.4, 0.5) is 0 Å². The molecule has 0 aromatic heterocycles. The van der Waals surface area contributed by atoms with Gasteiger partial charge < -0.3 is 4.74 Å². The molecule has 0 aliphatic carbocycles. The van der Waals surface area contributed by atoms with Gasteiger partial charge in [0.1, 0.15) is 0 Å². The first-order valence-electron chi connectivity index (χ1n) is 3.61. The van der Waals surface area contributed by atoms with Crippen LogP contribution in [0.3, 0.4) is 0 Å². The molecule has 0 aromatic carbocycles. The Hall–Kier alpha value is -0.500. The van der Waals surface area contributed by atoms with Crippen LogP contribution in [0.5, 0.6) is 0 Å². The lowest BCUT2D eigenvalue weighted by Crippen LogP contribution is -2.19. The van der Waals surface area contributed by atoms with E-state index >= 15 is 0 Å². The zero-order valence-corrected chi connectivity index (χ0v) is 7.66. The number of carbonyl (C=O) groups excluding carboxylic acids is 1. The highest BCUT2D eigenvalue weighted by Gasteiger charge is 2.39. The van der Waals surface area contributed by atoms with Gasteiger partial charge in [0.2, 0.25) is 5.06 Å². The summed E-state index contributed by atoms with van der Waals surface area (Å²) in [6.07, 6.45) is 0.761. The summed E-state index contributed by atoms with van der Waals surface area (Å²) >= 11 is 5.92. The number of hydrogen-bond acceptors (Lipinski definition) is 2. The van der Waals surface area contributed by atoms with Gasteiger partial charge in [0.25, 0.3) is 0 Å². The van der Waals surface area contributed by atoms with E-state index in [0.29, 0.717) is 5.57 Å². The first kappa shape index (κ1) is 8.60. The van der Waals surface area contributed by atoms with Crippen molar-refractivity contribution in [2.45, 2.75) is 32.3 Å². The van der Waals surface area contributed by atoms with Gasteiger partial charge in [0.15, 0.2) is 0 Å². The van der Waals surface area contributed by atoms with Crippen molar-refractivity contribution < 1.29 is 9.53 Å². The van der Waals surface area contributed by atoms with E-state index in [9.17, 15) is 4.79 Å². The molecule has 3 heteroatoms. The number of rotatable bonds is 1. The highest BCUT2D eigenvalue weighted by Crippen LogP contribution is 2.37. The van der Waals surface area contributed by atoms with Crippen molar-refractivity contribution in [3.8, 4) is 0 Å². The molecule has 11 heavy (non-hydrogen) atoms. The third kappa shape index (κ3) is 1.27. The van der Waals surface area contributed by atoms with Gasteiger partial charge in [-0.1, -0.05) is 18.5 Å². The fourth-order valence-electron chi connectivity index (χ4n) is 1.35. The van der Waals surface area contributed by atoms with Crippen LogP contribution in [-0.2, 0) is 9.53 Å². The summed E-state index contributed by atoms with van der Waals surface area (Å²) in [5.74, 6) is -0.292. The number of alkyl halides is 1. The third-order valence-electron chi connectivity index (χ3n) is 1.94. The van der Waals surface area contributed by atoms with Crippen LogP contribution in [0.25, 0.3) is 0 Å². The van der Waals surface area contributed by atoms with Crippen molar-refractivity contribution in [3.63, 3.8) is 0 Å². The molecule has 1 aliphatic rings. The predicted molar refractivity (Wildman–Crippen MR) is 43.3 cm³/mol. The van der Waals surface area contributed by atoms with Gasteiger partial charge in [0.05, 0.1) is 0 Å². The van der Waals surface area contributed by atoms with E-state index in [1.54, 1.807) is 13.8 Å². The molecule has 2 nitrogen and oxygen atoms in total. The predicted octanol–water partition coefficient (Wildman–Crippen LogP) is 2.22. The lowest BCUT2D eigenvalue weighted by atomic mass is 10.1. The Morgan fingerprint density at radius 1 is 1.64 bits per heavy atom. The summed E-state index contributed by atoms with van der Waals surface area (Å²) in [6.45, 7) is 5.40. The summed E-state index contributed by atoms with van der Waals surface area (Å²) in [5, 5.41) is -0.893. The quantitative estimate of drug-likeness (QED) is 0.450. The molecule has 0 saturated carbocycles. The largest absolute Gasteiger partial charge is 0.436 e. The Morgan fingerprint density at radius 3 is 2.36 bits per heavy atom. The Morgan fingerprint density at radius 2 is 2.18 bits per heavy atom. The molecule has 1 rings (SSSR count). The van der Waals surface area contributed by atoms with E-state index in [2.05, 4.69) is 0 Å². The third-order valence-corrected chi connectivity index (χ3v) is 2.24. The number of ether oxygens (including phenoxy) is 1. The summed E-state index contributed by atoms with van der Waals surface area (Å²) in [5.41, 5.74) is 1.55. The average molecular weight is 175 g/mol. The molecule has 0 aromatic rings. The Labute approximate surface area is 71.2 Å². The van der Waals surface area contributed by atoms with Crippen LogP contribution < -0.4 is 0 Å². The zero-order valence-electron chi connectivity index (χ0n) is 6.90. The fraction of sp³-hybridized carbons (Fsp3) is 0.625. The van der Waals surface area contributed by atoms with Crippen molar-refractivity contribution >= 4 is 17.6 Å². The molecule has 0 radical (unpaired) electrons. The SMILES string of the molecule is CCC1=C(C)C(=O)OC1(C)Cl. The maximum atomic E-state index is 11.0. The highest BCUT2D eigenvalue weighted by molar-refractivity contribution is 6.26. The molecule has 0 amide bonds. The van der Waals surface area contributed by atoms with Crippen LogP contribution in [-0.4, -0.2) is 11.0 Å². The second kappa shape index (κ2) is 2.52. The maximum absolute atomic E-state index is 11.0. The van der Waals surface area contributed by atoms with Crippen molar-refractivity contribution in [2.75, 3.05) is 0 Å². The van der Waals surface area contributed by atoms with Crippen LogP contribution >= 0.6 is 11.6 Å². The van der Waals surface area contributed by atoms with Gasteiger partial charge >= 0.3 is 5.97 Å². The minimum Gasteiger partial charge on any atom is -0.436 e. The van der Waals surface area contributed by atoms with Crippen molar-refractivity contribution in [1.82, 2.24) is 0 Å². The Bertz CT molecular complexity index is 228. The summed E-state index contributed by atoms with van der Waals surface area (Å²) in [7, 11) is 0. The number of esters is 1. The van der Waals surface area contributed by atoms with E-state index in [1.165, 1.54) is 0 Å². The normalized spacial score (nSPS) is 31.1. The van der Waals surface area contributed by atoms with E-state index in [1.807, 2.05) is 6.92 Å². The Kier molecular flexibility index (Phi) is 1.97. The molecular weight excluding hydrogens is 164 g/mol. The van der Waals surface area contributed by atoms with Crippen LogP contribution in [0.1, 0.15) is 27.2 Å². The van der Waals surface area contributed by atoms with Crippen molar-refractivity contribution in [2.24, 2.45) is 0 Å². The maximum Gasteiger partial charge on any atom is 0.335 e. The van der Waals surface area contributed by atoms with E-state index in [4.69, 9.17) is 16.3 Å². The molecule has 1 aliphatic heterocycles. The number of halogens is 1. The Balaban J connectivity index is 3.06. The number of cyclic esters (lactones) is 1. The number of hydrogen-bond donors (Lipinski definition) is 0. The second-order valence-electron chi connectivity index (χ2n) is 2.76. The standard InChI is InChI=1S/C8H11ClO2/c1-4-6-5(2)7(10)11-8(6,3)9/h4H2,1-3H3. The summed E-state index contributed by atoms with van der Waals surface area (Å²) < 4.78 is 4.92. The molecule has 0 bridgehead atoms. The molecule has 0 spiro atoms. The second-order valence-corrected chi connectivity index (χ2v) is 3.48. The first-order valence-corrected chi connectivity index (χ1v) is 3.99. The van der Waals surface area contributed by atoms with Gasteiger partial charge in [-0.2, -0.15) is 0 Å². The van der Waals surface area contributed by atoms with Crippen LogP contribution in [0.2, 0.25) is 0 Å². The minimum absolute atomic E-state index is 0.292. The summed E-state index contributed by atoms with van der Waals surface area (Å²) in [6, 6.07) is 0. The van der Waals surface area contributed by atoms with E-state index in [0.717, 1.165) is 12.0 Å². The molecular formula is C8H11ClO2. The van der Waals surface area contributed by atoms with Gasteiger partial charge in [-0.05, 0) is 25.8 Å². The topological polar surface area (TPSA) is 26.3 Å². The average Bonchev–Trinajstić information content (AvgIpc) is 2.03. The lowest BCUT2D eigenvalue weighted by molar-refractivity contribution is -0.141. The zero-order chi connectivity index (χ0) is 8.65. The van der Waals surface area contributed by atoms with Crippen molar-refractivity contribution in [3.05, 3.63) is 11.1 Å². The fourth-order valence-corrected chi connectivity index (χ4v) is 1.70.